The van der Waals surface area contributed by atoms with Crippen molar-refractivity contribution in [2.24, 2.45) is 5.92 Å². The molecule has 0 aromatic heterocycles. The molecule has 1 heterocycles. The van der Waals surface area contributed by atoms with Gasteiger partial charge in [-0.05, 0) is 37.3 Å². The maximum absolute atomic E-state index is 10.8. The Morgan fingerprint density at radius 1 is 1.24 bits per heavy atom. The minimum Gasteiger partial charge on any atom is -0.480 e. The second kappa shape index (κ2) is 6.58. The molecular weight excluding hydrogens is 264 g/mol. The summed E-state index contributed by atoms with van der Waals surface area (Å²) in [5.74, 6) is -0.0901. The van der Waals surface area contributed by atoms with Gasteiger partial charge < -0.3 is 5.11 Å². The molecular formula is C17H24N2O2. The van der Waals surface area contributed by atoms with Crippen molar-refractivity contribution < 1.29 is 9.90 Å². The summed E-state index contributed by atoms with van der Waals surface area (Å²) in [5.41, 5.74) is 1.38. The molecule has 0 spiro atoms. The number of nitrogens with zero attached hydrogens (tertiary/aromatic N) is 2. The number of carbonyl (C=O) groups is 1. The molecule has 3 rings (SSSR count). The Balaban J connectivity index is 1.53. The van der Waals surface area contributed by atoms with E-state index in [1.54, 1.807) is 0 Å². The second-order valence-corrected chi connectivity index (χ2v) is 6.43. The van der Waals surface area contributed by atoms with E-state index >= 15 is 0 Å². The first-order valence-corrected chi connectivity index (χ1v) is 7.93. The van der Waals surface area contributed by atoms with E-state index in [2.05, 4.69) is 40.1 Å². The molecule has 1 N–H and O–H groups in total. The maximum atomic E-state index is 10.8. The number of aliphatic carboxylic acids is 1. The van der Waals surface area contributed by atoms with Crippen LogP contribution in [0.3, 0.4) is 0 Å². The molecule has 4 nitrogen and oxygen atoms in total. The number of hydrogen-bond donors (Lipinski definition) is 1. The third-order valence-electron chi connectivity index (χ3n) is 4.51. The van der Waals surface area contributed by atoms with Crippen LogP contribution in [-0.4, -0.2) is 53.1 Å². The van der Waals surface area contributed by atoms with Crippen molar-refractivity contribution >= 4 is 5.97 Å². The topological polar surface area (TPSA) is 43.8 Å². The van der Waals surface area contributed by atoms with E-state index in [-0.39, 0.29) is 6.54 Å². The smallest absolute Gasteiger partial charge is 0.317 e. The first kappa shape index (κ1) is 14.5. The van der Waals surface area contributed by atoms with E-state index in [0.717, 1.165) is 38.6 Å². The lowest BCUT2D eigenvalue weighted by Gasteiger charge is -2.25. The number of hydrogen-bond acceptors (Lipinski definition) is 3. The highest BCUT2D eigenvalue weighted by Crippen LogP contribution is 2.30. The molecule has 2 fully saturated rings. The van der Waals surface area contributed by atoms with Crippen LogP contribution in [0.4, 0.5) is 0 Å². The Bertz CT molecular complexity index is 473. The molecule has 1 aromatic rings. The lowest BCUT2D eigenvalue weighted by Crippen LogP contribution is -2.33. The van der Waals surface area contributed by atoms with Crippen LogP contribution in [0, 0.1) is 5.92 Å². The van der Waals surface area contributed by atoms with Gasteiger partial charge in [-0.1, -0.05) is 30.3 Å². The van der Waals surface area contributed by atoms with Crippen LogP contribution in [0.2, 0.25) is 0 Å². The van der Waals surface area contributed by atoms with Crippen LogP contribution in [0.25, 0.3) is 0 Å². The lowest BCUT2D eigenvalue weighted by molar-refractivity contribution is -0.138. The fraction of sp³-hybridized carbons (Fsp3) is 0.588. The summed E-state index contributed by atoms with van der Waals surface area (Å²) in [4.78, 5) is 15.5. The van der Waals surface area contributed by atoms with E-state index < -0.39 is 5.97 Å². The average molecular weight is 288 g/mol. The predicted octanol–water partition coefficient (Wildman–Crippen LogP) is 2.06. The van der Waals surface area contributed by atoms with E-state index in [1.165, 1.54) is 18.4 Å². The van der Waals surface area contributed by atoms with Crippen molar-refractivity contribution in [3.8, 4) is 0 Å². The predicted molar refractivity (Wildman–Crippen MR) is 82.1 cm³/mol. The molecule has 0 amide bonds. The zero-order chi connectivity index (χ0) is 14.7. The van der Waals surface area contributed by atoms with E-state index in [9.17, 15) is 4.79 Å². The Morgan fingerprint density at radius 3 is 2.67 bits per heavy atom. The zero-order valence-electron chi connectivity index (χ0n) is 12.4. The lowest BCUT2D eigenvalue weighted by atomic mass is 10.1. The quantitative estimate of drug-likeness (QED) is 0.834. The molecule has 1 saturated carbocycles. The summed E-state index contributed by atoms with van der Waals surface area (Å²) in [6.45, 7) is 4.19. The summed E-state index contributed by atoms with van der Waals surface area (Å²) in [7, 11) is 0. The summed E-state index contributed by atoms with van der Waals surface area (Å²) in [5, 5.41) is 8.88. The van der Waals surface area contributed by atoms with Crippen LogP contribution in [-0.2, 0) is 11.3 Å². The van der Waals surface area contributed by atoms with Crippen LogP contribution in [0.15, 0.2) is 30.3 Å². The Kier molecular flexibility index (Phi) is 4.56. The maximum Gasteiger partial charge on any atom is 0.317 e. The van der Waals surface area contributed by atoms with Gasteiger partial charge in [-0.25, -0.2) is 0 Å². The van der Waals surface area contributed by atoms with Crippen LogP contribution in [0.1, 0.15) is 24.8 Å². The molecule has 4 heteroatoms. The first-order valence-electron chi connectivity index (χ1n) is 7.93. The van der Waals surface area contributed by atoms with Gasteiger partial charge in [0.05, 0.1) is 6.54 Å². The number of rotatable bonds is 7. The standard InChI is InChI=1S/C17H24N2O2/c20-17(21)13-18-9-8-15(10-18)12-19(16-6-7-16)11-14-4-2-1-3-5-14/h1-5,15-16H,6-13H2,(H,20,21). The third kappa shape index (κ3) is 4.29. The molecule has 1 atom stereocenters. The fourth-order valence-electron chi connectivity index (χ4n) is 3.33. The van der Waals surface area contributed by atoms with Crippen molar-refractivity contribution in [3.63, 3.8) is 0 Å². The molecule has 1 unspecified atom stereocenters. The normalized spacial score (nSPS) is 22.8. The highest BCUT2D eigenvalue weighted by Gasteiger charge is 2.32. The van der Waals surface area contributed by atoms with Gasteiger partial charge >= 0.3 is 5.97 Å². The molecule has 21 heavy (non-hydrogen) atoms. The van der Waals surface area contributed by atoms with Gasteiger partial charge in [-0.15, -0.1) is 0 Å². The minimum absolute atomic E-state index is 0.193. The first-order chi connectivity index (χ1) is 10.2. The average Bonchev–Trinajstić information content (AvgIpc) is 3.22. The monoisotopic (exact) mass is 288 g/mol. The van der Waals surface area contributed by atoms with Crippen molar-refractivity contribution in [2.75, 3.05) is 26.2 Å². The van der Waals surface area contributed by atoms with Gasteiger partial charge in [0.1, 0.15) is 0 Å². The third-order valence-corrected chi connectivity index (χ3v) is 4.51. The Hall–Kier alpha value is -1.39. The largest absolute Gasteiger partial charge is 0.480 e. The molecule has 0 bridgehead atoms. The van der Waals surface area contributed by atoms with Crippen LogP contribution >= 0.6 is 0 Å². The highest BCUT2D eigenvalue weighted by molar-refractivity contribution is 5.69. The molecule has 1 aliphatic heterocycles. The summed E-state index contributed by atoms with van der Waals surface area (Å²) < 4.78 is 0. The van der Waals surface area contributed by atoms with E-state index in [4.69, 9.17) is 5.11 Å². The fourth-order valence-corrected chi connectivity index (χ4v) is 3.33. The SMILES string of the molecule is O=C(O)CN1CCC(CN(Cc2ccccc2)C2CC2)C1. The van der Waals surface area contributed by atoms with Gasteiger partial charge in [-0.3, -0.25) is 14.6 Å². The number of likely N-dealkylation sites (tertiary alicyclic amines) is 1. The van der Waals surface area contributed by atoms with Crippen molar-refractivity contribution in [1.29, 1.82) is 0 Å². The van der Waals surface area contributed by atoms with E-state index in [1.807, 2.05) is 0 Å². The number of carboxylic acid groups (broad SMARTS) is 1. The molecule has 114 valence electrons. The van der Waals surface area contributed by atoms with Gasteiger partial charge in [-0.2, -0.15) is 0 Å². The molecule has 1 saturated heterocycles. The Morgan fingerprint density at radius 2 is 2.00 bits per heavy atom. The minimum atomic E-state index is -0.709. The van der Waals surface area contributed by atoms with Crippen molar-refractivity contribution in [2.45, 2.75) is 31.8 Å². The summed E-state index contributed by atoms with van der Waals surface area (Å²) >= 11 is 0. The van der Waals surface area contributed by atoms with Gasteiger partial charge in [0.15, 0.2) is 0 Å². The molecule has 2 aliphatic rings. The molecule has 1 aliphatic carbocycles. The number of carboxylic acids is 1. The van der Waals surface area contributed by atoms with E-state index in [0.29, 0.717) is 5.92 Å². The Labute approximate surface area is 126 Å². The van der Waals surface area contributed by atoms with Crippen molar-refractivity contribution in [1.82, 2.24) is 9.80 Å². The second-order valence-electron chi connectivity index (χ2n) is 6.43. The summed E-state index contributed by atoms with van der Waals surface area (Å²) in [6.07, 6.45) is 3.77. The van der Waals surface area contributed by atoms with Crippen LogP contribution in [0.5, 0.6) is 0 Å². The van der Waals surface area contributed by atoms with Crippen molar-refractivity contribution in [3.05, 3.63) is 35.9 Å². The zero-order valence-corrected chi connectivity index (χ0v) is 12.4. The molecule has 0 radical (unpaired) electrons. The number of benzene rings is 1. The van der Waals surface area contributed by atoms with Gasteiger partial charge in [0, 0.05) is 25.7 Å². The highest BCUT2D eigenvalue weighted by atomic mass is 16.4. The summed E-state index contributed by atoms with van der Waals surface area (Å²) in [6, 6.07) is 11.4. The van der Waals surface area contributed by atoms with Gasteiger partial charge in [0.2, 0.25) is 0 Å². The van der Waals surface area contributed by atoms with Gasteiger partial charge in [0.25, 0.3) is 0 Å². The van der Waals surface area contributed by atoms with Crippen LogP contribution < -0.4 is 0 Å². The molecule has 1 aromatic carbocycles.